The van der Waals surface area contributed by atoms with E-state index in [1.165, 1.54) is 5.56 Å². The Morgan fingerprint density at radius 3 is 2.86 bits per heavy atom. The van der Waals surface area contributed by atoms with Crippen LogP contribution in [0.1, 0.15) is 16.9 Å². The molecule has 2 heteroatoms. The van der Waals surface area contributed by atoms with E-state index >= 15 is 0 Å². The Labute approximate surface area is 83.4 Å². The number of hydrogen-bond acceptors (Lipinski definition) is 2. The number of benzene rings is 1. The highest BCUT2D eigenvalue weighted by atomic mass is 16.3. The Morgan fingerprint density at radius 1 is 1.29 bits per heavy atom. The molecule has 0 aliphatic carbocycles. The van der Waals surface area contributed by atoms with Crippen LogP contribution >= 0.6 is 0 Å². The summed E-state index contributed by atoms with van der Waals surface area (Å²) in [7, 11) is 0. The average molecular weight is 187 g/mol. The number of hydrogen-bond donors (Lipinski definition) is 1. The van der Waals surface area contributed by atoms with Gasteiger partial charge in [0.25, 0.3) is 0 Å². The van der Waals surface area contributed by atoms with Crippen LogP contribution in [0, 0.1) is 6.92 Å². The summed E-state index contributed by atoms with van der Waals surface area (Å²) in [6.07, 6.45) is 2.45. The smallest absolute Gasteiger partial charge is 0.108 e. The molecular formula is C12H13NO. The maximum absolute atomic E-state index is 5.86. The molecule has 14 heavy (non-hydrogen) atoms. The monoisotopic (exact) mass is 187 g/mol. The molecule has 1 aromatic heterocycles. The SMILES string of the molecule is Cc1ccc(N)c(Cc2ccco2)c1. The van der Waals surface area contributed by atoms with E-state index in [1.54, 1.807) is 6.26 Å². The molecule has 0 unspecified atom stereocenters. The van der Waals surface area contributed by atoms with Gasteiger partial charge in [-0.1, -0.05) is 17.7 Å². The predicted molar refractivity (Wildman–Crippen MR) is 57.1 cm³/mol. The van der Waals surface area contributed by atoms with Gasteiger partial charge < -0.3 is 10.2 Å². The lowest BCUT2D eigenvalue weighted by atomic mass is 10.1. The number of nitrogens with two attached hydrogens (primary N) is 1. The van der Waals surface area contributed by atoms with Gasteiger partial charge in [0.15, 0.2) is 0 Å². The van der Waals surface area contributed by atoms with Crippen molar-refractivity contribution in [3.8, 4) is 0 Å². The summed E-state index contributed by atoms with van der Waals surface area (Å²) in [5.41, 5.74) is 9.04. The fourth-order valence-electron chi connectivity index (χ4n) is 1.49. The van der Waals surface area contributed by atoms with Gasteiger partial charge in [0.1, 0.15) is 5.76 Å². The summed E-state index contributed by atoms with van der Waals surface area (Å²) in [6, 6.07) is 9.90. The molecule has 0 aliphatic heterocycles. The van der Waals surface area contributed by atoms with Crippen LogP contribution in [0.4, 0.5) is 5.69 Å². The minimum Gasteiger partial charge on any atom is -0.469 e. The Hall–Kier alpha value is -1.70. The topological polar surface area (TPSA) is 39.2 Å². The number of rotatable bonds is 2. The van der Waals surface area contributed by atoms with E-state index < -0.39 is 0 Å². The van der Waals surface area contributed by atoms with E-state index in [0.29, 0.717) is 0 Å². The quantitative estimate of drug-likeness (QED) is 0.734. The lowest BCUT2D eigenvalue weighted by molar-refractivity contribution is 0.521. The summed E-state index contributed by atoms with van der Waals surface area (Å²) in [5.74, 6) is 0.947. The predicted octanol–water partition coefficient (Wildman–Crippen LogP) is 2.76. The second-order valence-electron chi connectivity index (χ2n) is 3.46. The van der Waals surface area contributed by atoms with Gasteiger partial charge in [0.2, 0.25) is 0 Å². The van der Waals surface area contributed by atoms with Crippen molar-refractivity contribution >= 4 is 5.69 Å². The highest BCUT2D eigenvalue weighted by Crippen LogP contribution is 2.18. The van der Waals surface area contributed by atoms with Crippen LogP contribution in [-0.2, 0) is 6.42 Å². The minimum atomic E-state index is 0.764. The molecular weight excluding hydrogens is 174 g/mol. The second kappa shape index (κ2) is 3.58. The first-order chi connectivity index (χ1) is 6.75. The molecule has 0 bridgehead atoms. The number of nitrogen functional groups attached to an aromatic ring is 1. The molecule has 0 fully saturated rings. The third kappa shape index (κ3) is 1.79. The molecule has 0 atom stereocenters. The highest BCUT2D eigenvalue weighted by Gasteiger charge is 2.02. The summed E-state index contributed by atoms with van der Waals surface area (Å²) in [5, 5.41) is 0. The lowest BCUT2D eigenvalue weighted by Gasteiger charge is -2.04. The van der Waals surface area contributed by atoms with Crippen molar-refractivity contribution in [3.63, 3.8) is 0 Å². The minimum absolute atomic E-state index is 0.764. The van der Waals surface area contributed by atoms with Crippen LogP contribution in [0.2, 0.25) is 0 Å². The van der Waals surface area contributed by atoms with E-state index in [-0.39, 0.29) is 0 Å². The lowest BCUT2D eigenvalue weighted by Crippen LogP contribution is -1.95. The van der Waals surface area contributed by atoms with Gasteiger partial charge in [-0.25, -0.2) is 0 Å². The Bertz CT molecular complexity index is 418. The number of aryl methyl sites for hydroxylation is 1. The van der Waals surface area contributed by atoms with E-state index in [0.717, 1.165) is 23.4 Å². The van der Waals surface area contributed by atoms with Gasteiger partial charge in [-0.2, -0.15) is 0 Å². The zero-order valence-corrected chi connectivity index (χ0v) is 8.16. The maximum atomic E-state index is 5.86. The third-order valence-electron chi connectivity index (χ3n) is 2.24. The first-order valence-electron chi connectivity index (χ1n) is 4.63. The molecule has 1 aromatic carbocycles. The van der Waals surface area contributed by atoms with Crippen molar-refractivity contribution in [2.75, 3.05) is 5.73 Å². The van der Waals surface area contributed by atoms with E-state index in [9.17, 15) is 0 Å². The van der Waals surface area contributed by atoms with Crippen molar-refractivity contribution < 1.29 is 4.42 Å². The zero-order valence-electron chi connectivity index (χ0n) is 8.16. The first kappa shape index (κ1) is 8.88. The van der Waals surface area contributed by atoms with Crippen molar-refractivity contribution in [2.45, 2.75) is 13.3 Å². The van der Waals surface area contributed by atoms with Crippen LogP contribution in [0.25, 0.3) is 0 Å². The van der Waals surface area contributed by atoms with Crippen LogP contribution in [-0.4, -0.2) is 0 Å². The Morgan fingerprint density at radius 2 is 2.14 bits per heavy atom. The van der Waals surface area contributed by atoms with E-state index in [2.05, 4.69) is 13.0 Å². The molecule has 2 nitrogen and oxygen atoms in total. The van der Waals surface area contributed by atoms with Crippen LogP contribution in [0.15, 0.2) is 41.0 Å². The summed E-state index contributed by atoms with van der Waals surface area (Å²) in [6.45, 7) is 2.06. The van der Waals surface area contributed by atoms with Crippen molar-refractivity contribution in [1.82, 2.24) is 0 Å². The van der Waals surface area contributed by atoms with Crippen LogP contribution in [0.5, 0.6) is 0 Å². The van der Waals surface area contributed by atoms with Gasteiger partial charge in [0, 0.05) is 12.1 Å². The van der Waals surface area contributed by atoms with Crippen LogP contribution in [0.3, 0.4) is 0 Å². The van der Waals surface area contributed by atoms with Gasteiger partial charge in [-0.15, -0.1) is 0 Å². The van der Waals surface area contributed by atoms with Gasteiger partial charge in [0.05, 0.1) is 6.26 Å². The molecule has 0 aliphatic rings. The molecule has 0 amide bonds. The number of furan rings is 1. The standard InChI is InChI=1S/C12H13NO/c1-9-4-5-12(13)10(7-9)8-11-3-2-6-14-11/h2-7H,8,13H2,1H3. The molecule has 2 aromatic rings. The normalized spacial score (nSPS) is 10.4. The molecule has 0 saturated heterocycles. The molecule has 2 N–H and O–H groups in total. The molecule has 72 valence electrons. The van der Waals surface area contributed by atoms with Crippen LogP contribution < -0.4 is 5.73 Å². The number of anilines is 1. The van der Waals surface area contributed by atoms with Gasteiger partial charge in [-0.3, -0.25) is 0 Å². The molecule has 1 heterocycles. The van der Waals surface area contributed by atoms with Gasteiger partial charge in [-0.05, 0) is 30.7 Å². The van der Waals surface area contributed by atoms with E-state index in [1.807, 2.05) is 24.3 Å². The largest absolute Gasteiger partial charge is 0.469 e. The van der Waals surface area contributed by atoms with E-state index in [4.69, 9.17) is 10.2 Å². The first-order valence-corrected chi connectivity index (χ1v) is 4.63. The molecule has 0 spiro atoms. The summed E-state index contributed by atoms with van der Waals surface area (Å²) >= 11 is 0. The Balaban J connectivity index is 2.28. The van der Waals surface area contributed by atoms with Crippen molar-refractivity contribution in [2.24, 2.45) is 0 Å². The third-order valence-corrected chi connectivity index (χ3v) is 2.24. The highest BCUT2D eigenvalue weighted by molar-refractivity contribution is 5.49. The maximum Gasteiger partial charge on any atom is 0.108 e. The second-order valence-corrected chi connectivity index (χ2v) is 3.46. The summed E-state index contributed by atoms with van der Waals surface area (Å²) in [4.78, 5) is 0. The van der Waals surface area contributed by atoms with Crippen molar-refractivity contribution in [3.05, 3.63) is 53.5 Å². The Kier molecular flexibility index (Phi) is 2.27. The average Bonchev–Trinajstić information content (AvgIpc) is 2.64. The fourth-order valence-corrected chi connectivity index (χ4v) is 1.49. The zero-order chi connectivity index (χ0) is 9.97. The molecule has 0 radical (unpaired) electrons. The summed E-state index contributed by atoms with van der Waals surface area (Å²) < 4.78 is 5.28. The molecule has 0 saturated carbocycles. The fraction of sp³-hybridized carbons (Fsp3) is 0.167. The van der Waals surface area contributed by atoms with Gasteiger partial charge >= 0.3 is 0 Å². The molecule has 2 rings (SSSR count). The van der Waals surface area contributed by atoms with Crippen molar-refractivity contribution in [1.29, 1.82) is 0 Å².